The Hall–Kier alpha value is -3.05. The molecule has 0 aromatic rings. The number of hydrogen-bond acceptors (Lipinski definition) is 6. The summed E-state index contributed by atoms with van der Waals surface area (Å²) in [4.78, 5) is 34.7. The average Bonchev–Trinajstić information content (AvgIpc) is 3.19. The van der Waals surface area contributed by atoms with Crippen LogP contribution in [0.15, 0.2) is 47.1 Å². The van der Waals surface area contributed by atoms with Gasteiger partial charge in [0.15, 0.2) is 0 Å². The van der Waals surface area contributed by atoms with Gasteiger partial charge in [-0.2, -0.15) is 26.3 Å². The fraction of sp³-hybridized carbons (Fsp3) is 0.645. The average molecular weight is 621 g/mol. The molecule has 3 aliphatic carbocycles. The van der Waals surface area contributed by atoms with Gasteiger partial charge in [0.25, 0.3) is 0 Å². The Kier molecular flexibility index (Phi) is 10.0. The zero-order valence-corrected chi connectivity index (χ0v) is 24.9. The normalized spacial score (nSPS) is 29.1. The van der Waals surface area contributed by atoms with Crippen LogP contribution in [0, 0.1) is 17.3 Å². The third-order valence-electron chi connectivity index (χ3n) is 8.83. The van der Waals surface area contributed by atoms with Crippen LogP contribution in [0.25, 0.3) is 0 Å². The molecule has 0 saturated heterocycles. The molecule has 0 amide bonds. The van der Waals surface area contributed by atoms with Crippen LogP contribution in [0.1, 0.15) is 79.6 Å². The van der Waals surface area contributed by atoms with Crippen LogP contribution >= 0.6 is 0 Å². The van der Waals surface area contributed by atoms with Crippen molar-refractivity contribution in [1.82, 2.24) is 0 Å². The fourth-order valence-corrected chi connectivity index (χ4v) is 7.03. The third kappa shape index (κ3) is 7.20. The van der Waals surface area contributed by atoms with E-state index in [4.69, 9.17) is 9.47 Å². The predicted octanol–water partition coefficient (Wildman–Crippen LogP) is 7.64. The molecule has 2 fully saturated rings. The first-order valence-corrected chi connectivity index (χ1v) is 14.2. The number of carbonyl (C=O) groups is 3. The summed E-state index contributed by atoms with van der Waals surface area (Å²) >= 11 is 0. The zero-order chi connectivity index (χ0) is 32.5. The second-order valence-corrected chi connectivity index (χ2v) is 12.0. The molecular formula is C31H38F6O6. The van der Waals surface area contributed by atoms with Gasteiger partial charge in [0.2, 0.25) is 0 Å². The van der Waals surface area contributed by atoms with E-state index in [0.717, 1.165) is 5.57 Å². The van der Waals surface area contributed by atoms with Gasteiger partial charge in [0, 0.05) is 40.0 Å². The standard InChI is InChI=1S/C31H38F6O6/c1-17(16-29(30(32,33)34,31(35,36)37)43-21(5)40)25-11-12-26-22(8-7-13-28(25,26)6)9-10-23-14-24(41-19(3)38)15-27(18(23)2)42-20(4)39/h9-11,17,24,26-27H,2,7-8,12-16H2,1,3-6H3/b22-9+,23-10-/t17?,24?,26?,27-,28+/m0/s1. The topological polar surface area (TPSA) is 78.9 Å². The molecule has 6 nitrogen and oxygen atoms in total. The van der Waals surface area contributed by atoms with Crippen molar-refractivity contribution in [3.05, 3.63) is 47.1 Å². The van der Waals surface area contributed by atoms with Gasteiger partial charge in [-0.05, 0) is 54.1 Å². The van der Waals surface area contributed by atoms with Crippen LogP contribution in [0.4, 0.5) is 26.3 Å². The van der Waals surface area contributed by atoms with Crippen molar-refractivity contribution in [1.29, 1.82) is 0 Å². The Morgan fingerprint density at radius 3 is 2.16 bits per heavy atom. The highest BCUT2D eigenvalue weighted by Gasteiger charge is 2.74. The van der Waals surface area contributed by atoms with Gasteiger partial charge in [-0.1, -0.05) is 49.8 Å². The van der Waals surface area contributed by atoms with Gasteiger partial charge in [-0.3, -0.25) is 14.4 Å². The van der Waals surface area contributed by atoms with E-state index in [9.17, 15) is 40.7 Å². The molecule has 3 unspecified atom stereocenters. The first-order valence-electron chi connectivity index (χ1n) is 14.2. The molecule has 3 aliphatic rings. The molecule has 0 aromatic carbocycles. The lowest BCUT2D eigenvalue weighted by Gasteiger charge is -2.44. The van der Waals surface area contributed by atoms with E-state index in [2.05, 4.69) is 11.3 Å². The largest absolute Gasteiger partial charge is 0.462 e. The van der Waals surface area contributed by atoms with E-state index >= 15 is 0 Å². The SMILES string of the molecule is C=C1/C(=C\C=C2/CCC[C@]3(C)C(C(C)CC(OC(C)=O)(C(F)(F)F)C(F)(F)F)=CCC23)CC(OC(C)=O)C[C@@H]1OC(C)=O. The quantitative estimate of drug-likeness (QED) is 0.126. The lowest BCUT2D eigenvalue weighted by molar-refractivity contribution is -0.373. The fourth-order valence-electron chi connectivity index (χ4n) is 7.03. The van der Waals surface area contributed by atoms with Crippen molar-refractivity contribution >= 4 is 17.9 Å². The smallest absolute Gasteiger partial charge is 0.437 e. The molecule has 0 aromatic heterocycles. The van der Waals surface area contributed by atoms with Crippen LogP contribution in [-0.4, -0.2) is 48.1 Å². The maximum Gasteiger partial charge on any atom is 0.437 e. The third-order valence-corrected chi connectivity index (χ3v) is 8.83. The molecule has 0 spiro atoms. The number of ether oxygens (including phenoxy) is 3. The molecule has 0 bridgehead atoms. The first-order chi connectivity index (χ1) is 19.7. The van der Waals surface area contributed by atoms with E-state index < -0.39 is 65.8 Å². The van der Waals surface area contributed by atoms with Gasteiger partial charge < -0.3 is 14.2 Å². The van der Waals surface area contributed by atoms with Crippen LogP contribution in [0.5, 0.6) is 0 Å². The summed E-state index contributed by atoms with van der Waals surface area (Å²) in [6.45, 7) is 10.3. The summed E-state index contributed by atoms with van der Waals surface area (Å²) in [7, 11) is 0. The van der Waals surface area contributed by atoms with E-state index in [-0.39, 0.29) is 12.3 Å². The Morgan fingerprint density at radius 2 is 1.63 bits per heavy atom. The van der Waals surface area contributed by atoms with Gasteiger partial charge in [0.05, 0.1) is 0 Å². The first kappa shape index (κ1) is 34.4. The van der Waals surface area contributed by atoms with Gasteiger partial charge >= 0.3 is 35.9 Å². The number of rotatable bonds is 7. The second kappa shape index (κ2) is 12.5. The summed E-state index contributed by atoms with van der Waals surface area (Å²) < 4.78 is 98.7. The zero-order valence-electron chi connectivity index (χ0n) is 24.9. The summed E-state index contributed by atoms with van der Waals surface area (Å²) in [5, 5.41) is 0. The monoisotopic (exact) mass is 620 g/mol. The van der Waals surface area contributed by atoms with E-state index in [1.165, 1.54) is 20.8 Å². The molecule has 5 atom stereocenters. The van der Waals surface area contributed by atoms with Crippen LogP contribution < -0.4 is 0 Å². The van der Waals surface area contributed by atoms with Gasteiger partial charge in [-0.15, -0.1) is 0 Å². The van der Waals surface area contributed by atoms with Gasteiger partial charge in [-0.25, -0.2) is 0 Å². The van der Waals surface area contributed by atoms with E-state index in [1.807, 2.05) is 19.1 Å². The molecule has 12 heteroatoms. The minimum atomic E-state index is -5.87. The van der Waals surface area contributed by atoms with Crippen molar-refractivity contribution in [2.75, 3.05) is 0 Å². The maximum absolute atomic E-state index is 14.0. The highest BCUT2D eigenvalue weighted by molar-refractivity contribution is 5.68. The number of alkyl halides is 6. The van der Waals surface area contributed by atoms with Crippen molar-refractivity contribution in [2.45, 2.75) is 110 Å². The lowest BCUT2D eigenvalue weighted by Crippen LogP contribution is -2.60. The molecule has 2 saturated carbocycles. The van der Waals surface area contributed by atoms with Crippen LogP contribution in [0.2, 0.25) is 0 Å². The van der Waals surface area contributed by atoms with Crippen molar-refractivity contribution < 1.29 is 54.9 Å². The molecule has 0 heterocycles. The molecule has 0 radical (unpaired) electrons. The number of fused-ring (bicyclic) bond motifs is 1. The number of allylic oxidation sites excluding steroid dienone is 5. The number of hydrogen-bond donors (Lipinski definition) is 0. The second-order valence-electron chi connectivity index (χ2n) is 12.0. The minimum Gasteiger partial charge on any atom is -0.462 e. The molecular weight excluding hydrogens is 582 g/mol. The Bertz CT molecular complexity index is 1210. The molecule has 0 aliphatic heterocycles. The van der Waals surface area contributed by atoms with Crippen molar-refractivity contribution in [2.24, 2.45) is 17.3 Å². The summed E-state index contributed by atoms with van der Waals surface area (Å²) in [6, 6.07) is 0. The summed E-state index contributed by atoms with van der Waals surface area (Å²) in [5.74, 6) is -4.02. The van der Waals surface area contributed by atoms with Crippen LogP contribution in [0.3, 0.4) is 0 Å². The number of esters is 3. The molecule has 3 rings (SSSR count). The van der Waals surface area contributed by atoms with Gasteiger partial charge in [0.1, 0.15) is 12.2 Å². The number of carbonyl (C=O) groups excluding carboxylic acids is 3. The Morgan fingerprint density at radius 1 is 1.02 bits per heavy atom. The molecule has 240 valence electrons. The highest BCUT2D eigenvalue weighted by Crippen LogP contribution is 2.59. The van der Waals surface area contributed by atoms with Crippen molar-refractivity contribution in [3.8, 4) is 0 Å². The molecule has 0 N–H and O–H groups in total. The summed E-state index contributed by atoms with van der Waals surface area (Å²) in [5.41, 5.74) is -2.60. The Balaban J connectivity index is 1.91. The van der Waals surface area contributed by atoms with Crippen molar-refractivity contribution in [3.63, 3.8) is 0 Å². The van der Waals surface area contributed by atoms with E-state index in [1.54, 1.807) is 6.08 Å². The lowest BCUT2D eigenvalue weighted by atomic mass is 9.61. The van der Waals surface area contributed by atoms with E-state index in [0.29, 0.717) is 55.7 Å². The predicted molar refractivity (Wildman–Crippen MR) is 144 cm³/mol. The van der Waals surface area contributed by atoms with Crippen LogP contribution in [-0.2, 0) is 28.6 Å². The Labute approximate surface area is 247 Å². The minimum absolute atomic E-state index is 0.166. The highest BCUT2D eigenvalue weighted by atomic mass is 19.4. The molecule has 43 heavy (non-hydrogen) atoms. The maximum atomic E-state index is 14.0. The summed E-state index contributed by atoms with van der Waals surface area (Å²) in [6.07, 6.45) is -6.07. The number of halogens is 6.